The Hall–Kier alpha value is -5.08. The second-order valence-electron chi connectivity index (χ2n) is 12.0. The van der Waals surface area contributed by atoms with Crippen LogP contribution in [0.2, 0.25) is 0 Å². The minimum absolute atomic E-state index is 0.136. The Morgan fingerprint density at radius 3 is 1.22 bits per heavy atom. The zero-order valence-corrected chi connectivity index (χ0v) is 30.4. The van der Waals surface area contributed by atoms with E-state index in [1.165, 1.54) is 13.8 Å². The zero-order chi connectivity index (χ0) is 36.4. The zero-order valence-electron chi connectivity index (χ0n) is 28.7. The Bertz CT molecular complexity index is 2000. The first-order valence-electron chi connectivity index (χ1n) is 15.8. The van der Waals surface area contributed by atoms with Crippen LogP contribution in [-0.4, -0.2) is 56.0 Å². The molecule has 6 rings (SSSR count). The third kappa shape index (κ3) is 7.41. The molecule has 0 saturated heterocycles. The topological polar surface area (TPSA) is 151 Å². The number of carbonyl (C=O) groups is 2. The lowest BCUT2D eigenvalue weighted by Crippen LogP contribution is -2.27. The van der Waals surface area contributed by atoms with Gasteiger partial charge in [0.05, 0.1) is 46.8 Å². The molecule has 0 bridgehead atoms. The summed E-state index contributed by atoms with van der Waals surface area (Å²) in [6, 6.07) is 19.9. The minimum Gasteiger partial charge on any atom is -0.496 e. The molecule has 2 amide bonds. The van der Waals surface area contributed by atoms with Gasteiger partial charge in [0.1, 0.15) is 11.5 Å². The normalized spacial score (nSPS) is 13.5. The molecule has 2 N–H and O–H groups in total. The summed E-state index contributed by atoms with van der Waals surface area (Å²) in [5, 5.41) is 0. The molecule has 0 spiro atoms. The predicted molar refractivity (Wildman–Crippen MR) is 193 cm³/mol. The number of rotatable bonds is 8. The number of fused-ring (bicyclic) bond motifs is 2. The number of benzene rings is 4. The van der Waals surface area contributed by atoms with Crippen LogP contribution in [0.15, 0.2) is 82.6 Å². The van der Waals surface area contributed by atoms with Gasteiger partial charge in [-0.3, -0.25) is 19.0 Å². The van der Waals surface area contributed by atoms with Gasteiger partial charge >= 0.3 is 0 Å². The maximum absolute atomic E-state index is 12.7. The van der Waals surface area contributed by atoms with E-state index in [0.29, 0.717) is 60.2 Å². The monoisotopic (exact) mass is 720 g/mol. The van der Waals surface area contributed by atoms with Gasteiger partial charge in [-0.2, -0.15) is 0 Å². The number of ether oxygens (including phenoxy) is 2. The fourth-order valence-corrected chi connectivity index (χ4v) is 8.16. The van der Waals surface area contributed by atoms with E-state index in [0.717, 1.165) is 22.3 Å². The number of nitrogens with one attached hydrogen (secondary N) is 2. The summed E-state index contributed by atoms with van der Waals surface area (Å²) in [7, 11) is -4.38. The van der Waals surface area contributed by atoms with Crippen molar-refractivity contribution >= 4 is 54.6 Å². The number of carbonyl (C=O) groups excluding carboxylic acids is 2. The summed E-state index contributed by atoms with van der Waals surface area (Å²) < 4.78 is 66.7. The molecule has 12 nitrogen and oxygen atoms in total. The fourth-order valence-electron chi connectivity index (χ4n) is 6.03. The van der Waals surface area contributed by atoms with Crippen LogP contribution in [-0.2, 0) is 42.5 Å². The number of amides is 2. The summed E-state index contributed by atoms with van der Waals surface area (Å²) in [6.45, 7) is 7.73. The number of anilines is 4. The van der Waals surface area contributed by atoms with Crippen LogP contribution in [0.3, 0.4) is 0 Å². The Labute approximate surface area is 293 Å². The van der Waals surface area contributed by atoms with Gasteiger partial charge in [-0.1, -0.05) is 35.4 Å². The molecular weight excluding hydrogens is 681 g/mol. The SMILES string of the molecule is COc1ccc(NS(=O)(=O)c2ccc(C)cc2)c2c1CCN2C(C)=O.COc1ccc(NS(=O)(=O)c2ccc(C)cc2)c2c1CCN2C(C)=O. The molecule has 14 heteroatoms. The average Bonchev–Trinajstić information content (AvgIpc) is 3.73. The van der Waals surface area contributed by atoms with E-state index >= 15 is 0 Å². The summed E-state index contributed by atoms with van der Waals surface area (Å²) >= 11 is 0. The molecule has 50 heavy (non-hydrogen) atoms. The molecule has 0 fully saturated rings. The summed E-state index contributed by atoms with van der Waals surface area (Å²) in [5.74, 6) is 1.03. The van der Waals surface area contributed by atoms with Gasteiger partial charge in [0.15, 0.2) is 0 Å². The molecule has 0 aromatic heterocycles. The standard InChI is InChI=1S/2C18H20N2O4S/c2*1-12-4-6-14(7-5-12)25(22,23)19-16-8-9-17(24-3)15-10-11-20(13(2)21)18(15)16/h2*4-9,19H,10-11H2,1-3H3. The van der Waals surface area contributed by atoms with Crippen molar-refractivity contribution in [1.29, 1.82) is 0 Å². The summed E-state index contributed by atoms with van der Waals surface area (Å²) in [4.78, 5) is 27.4. The highest BCUT2D eigenvalue weighted by Crippen LogP contribution is 2.43. The van der Waals surface area contributed by atoms with E-state index in [1.54, 1.807) is 96.8 Å². The highest BCUT2D eigenvalue weighted by atomic mass is 32.2. The van der Waals surface area contributed by atoms with Crippen molar-refractivity contribution in [2.24, 2.45) is 0 Å². The minimum atomic E-state index is -3.75. The van der Waals surface area contributed by atoms with E-state index in [9.17, 15) is 26.4 Å². The smallest absolute Gasteiger partial charge is 0.261 e. The first-order valence-corrected chi connectivity index (χ1v) is 18.8. The van der Waals surface area contributed by atoms with E-state index in [4.69, 9.17) is 9.47 Å². The average molecular weight is 721 g/mol. The fraction of sp³-hybridized carbons (Fsp3) is 0.278. The number of nitrogens with zero attached hydrogens (tertiary/aromatic N) is 2. The van der Waals surface area contributed by atoms with Crippen LogP contribution in [0.5, 0.6) is 11.5 Å². The van der Waals surface area contributed by atoms with Crippen LogP contribution in [0.25, 0.3) is 0 Å². The molecule has 4 aromatic rings. The predicted octanol–water partition coefficient (Wildman–Crippen LogP) is 5.43. The third-order valence-corrected chi connectivity index (χ3v) is 11.3. The Balaban J connectivity index is 0.000000194. The summed E-state index contributed by atoms with van der Waals surface area (Å²) in [5.41, 5.74) is 5.53. The molecular formula is C36H40N4O8S2. The molecule has 0 atom stereocenters. The number of methoxy groups -OCH3 is 2. The quantitative estimate of drug-likeness (QED) is 0.245. The molecule has 2 aliphatic heterocycles. The Morgan fingerprint density at radius 2 is 0.920 bits per heavy atom. The van der Waals surface area contributed by atoms with Gasteiger partial charge in [0, 0.05) is 38.1 Å². The second-order valence-corrected chi connectivity index (χ2v) is 15.3. The lowest BCUT2D eigenvalue weighted by Gasteiger charge is -2.20. The number of sulfonamides is 2. The first kappa shape index (κ1) is 36.2. The lowest BCUT2D eigenvalue weighted by molar-refractivity contribution is -0.117. The highest BCUT2D eigenvalue weighted by molar-refractivity contribution is 7.93. The van der Waals surface area contributed by atoms with Crippen molar-refractivity contribution in [3.63, 3.8) is 0 Å². The van der Waals surface area contributed by atoms with Crippen molar-refractivity contribution in [2.45, 2.75) is 50.3 Å². The van der Waals surface area contributed by atoms with E-state index in [1.807, 2.05) is 13.8 Å². The maximum atomic E-state index is 12.7. The van der Waals surface area contributed by atoms with Gasteiger partial charge < -0.3 is 19.3 Å². The molecule has 4 aromatic carbocycles. The highest BCUT2D eigenvalue weighted by Gasteiger charge is 2.31. The van der Waals surface area contributed by atoms with E-state index in [2.05, 4.69) is 9.44 Å². The van der Waals surface area contributed by atoms with Gasteiger partial charge in [0.2, 0.25) is 11.8 Å². The molecule has 264 valence electrons. The van der Waals surface area contributed by atoms with E-state index < -0.39 is 20.0 Å². The molecule has 0 saturated carbocycles. The van der Waals surface area contributed by atoms with Crippen molar-refractivity contribution in [3.05, 3.63) is 95.1 Å². The Kier molecular flexibility index (Phi) is 10.4. The van der Waals surface area contributed by atoms with Gasteiger partial charge in [0.25, 0.3) is 20.0 Å². The van der Waals surface area contributed by atoms with Gasteiger partial charge in [-0.25, -0.2) is 16.8 Å². The van der Waals surface area contributed by atoms with Crippen molar-refractivity contribution in [1.82, 2.24) is 0 Å². The van der Waals surface area contributed by atoms with Crippen LogP contribution >= 0.6 is 0 Å². The van der Waals surface area contributed by atoms with Crippen LogP contribution in [0.1, 0.15) is 36.1 Å². The first-order chi connectivity index (χ1) is 23.7. The van der Waals surface area contributed by atoms with E-state index in [-0.39, 0.29) is 21.6 Å². The largest absolute Gasteiger partial charge is 0.496 e. The Morgan fingerprint density at radius 1 is 0.580 bits per heavy atom. The van der Waals surface area contributed by atoms with Crippen molar-refractivity contribution in [3.8, 4) is 11.5 Å². The third-order valence-electron chi connectivity index (χ3n) is 8.54. The second kappa shape index (κ2) is 14.4. The maximum Gasteiger partial charge on any atom is 0.261 e. The van der Waals surface area contributed by atoms with Crippen molar-refractivity contribution in [2.75, 3.05) is 46.6 Å². The number of hydrogen-bond acceptors (Lipinski definition) is 8. The number of aryl methyl sites for hydroxylation is 2. The van der Waals surface area contributed by atoms with Crippen LogP contribution in [0, 0.1) is 13.8 Å². The van der Waals surface area contributed by atoms with Gasteiger partial charge in [-0.05, 0) is 75.2 Å². The summed E-state index contributed by atoms with van der Waals surface area (Å²) in [6.07, 6.45) is 1.25. The molecule has 2 aliphatic rings. The molecule has 0 aliphatic carbocycles. The lowest BCUT2D eigenvalue weighted by atomic mass is 10.1. The van der Waals surface area contributed by atoms with Crippen molar-refractivity contribution < 1.29 is 35.9 Å². The van der Waals surface area contributed by atoms with Crippen LogP contribution in [0.4, 0.5) is 22.7 Å². The molecule has 2 heterocycles. The van der Waals surface area contributed by atoms with Crippen LogP contribution < -0.4 is 28.7 Å². The molecule has 0 radical (unpaired) electrons. The molecule has 0 unspecified atom stereocenters. The number of hydrogen-bond donors (Lipinski definition) is 2. The van der Waals surface area contributed by atoms with Gasteiger partial charge in [-0.15, -0.1) is 0 Å².